The molecule has 1 amide bonds. The van der Waals surface area contributed by atoms with E-state index >= 15 is 0 Å². The number of amides is 1. The number of carbonyl (C=O) groups is 1. The van der Waals surface area contributed by atoms with Crippen LogP contribution in [0.25, 0.3) is 11.0 Å². The number of para-hydroxylation sites is 1. The first-order chi connectivity index (χ1) is 14.0. The van der Waals surface area contributed by atoms with Gasteiger partial charge in [0.15, 0.2) is 6.54 Å². The van der Waals surface area contributed by atoms with E-state index in [4.69, 9.17) is 9.15 Å². The number of rotatable bonds is 8. The highest BCUT2D eigenvalue weighted by molar-refractivity contribution is 5.92. The van der Waals surface area contributed by atoms with Crippen LogP contribution >= 0.6 is 0 Å². The van der Waals surface area contributed by atoms with E-state index in [0.29, 0.717) is 24.4 Å². The third-order valence-electron chi connectivity index (χ3n) is 4.91. The quantitative estimate of drug-likeness (QED) is 0.575. The van der Waals surface area contributed by atoms with Crippen molar-refractivity contribution in [2.24, 2.45) is 0 Å². The third-order valence-corrected chi connectivity index (χ3v) is 4.91. The Bertz CT molecular complexity index is 1060. The second kappa shape index (κ2) is 9.39. The Labute approximate surface area is 170 Å². The first-order valence-electron chi connectivity index (χ1n) is 9.80. The topological polar surface area (TPSA) is 73.0 Å². The Morgan fingerprint density at radius 2 is 1.97 bits per heavy atom. The zero-order valence-electron chi connectivity index (χ0n) is 17.1. The number of ether oxygens (including phenoxy) is 1. The van der Waals surface area contributed by atoms with E-state index in [1.54, 1.807) is 13.2 Å². The molecule has 6 nitrogen and oxygen atoms in total. The monoisotopic (exact) mass is 395 g/mol. The number of anilines is 1. The molecule has 0 radical (unpaired) electrons. The van der Waals surface area contributed by atoms with Crippen molar-refractivity contribution in [2.75, 3.05) is 25.5 Å². The summed E-state index contributed by atoms with van der Waals surface area (Å²) < 4.78 is 10.6. The van der Waals surface area contributed by atoms with E-state index in [-0.39, 0.29) is 5.91 Å². The van der Waals surface area contributed by atoms with E-state index in [1.165, 1.54) is 6.07 Å². The number of fused-ring (bicyclic) bond motifs is 1. The van der Waals surface area contributed by atoms with Gasteiger partial charge in [-0.2, -0.15) is 0 Å². The van der Waals surface area contributed by atoms with Gasteiger partial charge >= 0.3 is 5.63 Å². The van der Waals surface area contributed by atoms with Gasteiger partial charge in [0, 0.05) is 28.8 Å². The number of nitrogens with one attached hydrogen (secondary N) is 2. The van der Waals surface area contributed by atoms with Crippen LogP contribution in [0.3, 0.4) is 0 Å². The molecule has 1 unspecified atom stereocenters. The normalized spacial score (nSPS) is 12.0. The zero-order valence-corrected chi connectivity index (χ0v) is 17.1. The van der Waals surface area contributed by atoms with E-state index in [9.17, 15) is 9.59 Å². The minimum Gasteiger partial charge on any atom is -0.497 e. The molecule has 0 bridgehead atoms. The predicted molar refractivity (Wildman–Crippen MR) is 114 cm³/mol. The standard InChI is InChI=1S/C23H26N2O4/c1-4-11-25(15-22(26)24-20-8-6-5-7-16(20)2)14-17-12-23(27)29-21-13-18(28-3)9-10-19(17)21/h5-10,12-13H,4,11,14-15H2,1-3H3,(H,24,26)/p+1. The van der Waals surface area contributed by atoms with Crippen molar-refractivity contribution in [1.82, 2.24) is 0 Å². The smallest absolute Gasteiger partial charge is 0.336 e. The van der Waals surface area contributed by atoms with E-state index < -0.39 is 5.63 Å². The molecule has 0 aliphatic rings. The molecule has 3 aromatic rings. The Balaban J connectivity index is 1.80. The molecule has 2 N–H and O–H groups in total. The second-order valence-electron chi connectivity index (χ2n) is 7.17. The van der Waals surface area contributed by atoms with Crippen LogP contribution in [0, 0.1) is 6.92 Å². The van der Waals surface area contributed by atoms with Crippen molar-refractivity contribution < 1.29 is 18.8 Å². The van der Waals surface area contributed by atoms with Gasteiger partial charge in [-0.15, -0.1) is 0 Å². The van der Waals surface area contributed by atoms with Crippen molar-refractivity contribution in [3.63, 3.8) is 0 Å². The predicted octanol–water partition coefficient (Wildman–Crippen LogP) is 2.54. The van der Waals surface area contributed by atoms with Gasteiger partial charge < -0.3 is 19.4 Å². The van der Waals surface area contributed by atoms with Gasteiger partial charge in [0.2, 0.25) is 0 Å². The Kier molecular flexibility index (Phi) is 6.67. The summed E-state index contributed by atoms with van der Waals surface area (Å²) in [4.78, 5) is 25.8. The highest BCUT2D eigenvalue weighted by Crippen LogP contribution is 2.22. The minimum absolute atomic E-state index is 0.0447. The van der Waals surface area contributed by atoms with Crippen molar-refractivity contribution in [1.29, 1.82) is 0 Å². The average molecular weight is 395 g/mol. The number of hydrogen-bond donors (Lipinski definition) is 2. The summed E-state index contributed by atoms with van der Waals surface area (Å²) >= 11 is 0. The highest BCUT2D eigenvalue weighted by Gasteiger charge is 2.18. The van der Waals surface area contributed by atoms with Gasteiger partial charge in [0.1, 0.15) is 17.9 Å². The number of methoxy groups -OCH3 is 1. The van der Waals surface area contributed by atoms with Crippen LogP contribution in [0.4, 0.5) is 5.69 Å². The molecule has 0 saturated heterocycles. The second-order valence-corrected chi connectivity index (χ2v) is 7.17. The third kappa shape index (κ3) is 5.23. The molecule has 0 fully saturated rings. The molecule has 0 saturated carbocycles. The van der Waals surface area contributed by atoms with Gasteiger partial charge in [-0.1, -0.05) is 25.1 Å². The van der Waals surface area contributed by atoms with Gasteiger partial charge in [0.25, 0.3) is 5.91 Å². The fraction of sp³-hybridized carbons (Fsp3) is 0.304. The molecular weight excluding hydrogens is 368 g/mol. The molecule has 29 heavy (non-hydrogen) atoms. The van der Waals surface area contributed by atoms with Crippen LogP contribution in [0.15, 0.2) is 57.7 Å². The van der Waals surface area contributed by atoms with Crippen molar-refractivity contribution in [3.05, 3.63) is 70.1 Å². The van der Waals surface area contributed by atoms with Crippen LogP contribution in [-0.2, 0) is 11.3 Å². The Morgan fingerprint density at radius 3 is 2.69 bits per heavy atom. The lowest BCUT2D eigenvalue weighted by molar-refractivity contribution is -0.905. The number of carbonyl (C=O) groups excluding carboxylic acids is 1. The van der Waals surface area contributed by atoms with Gasteiger partial charge in [-0.25, -0.2) is 4.79 Å². The molecule has 152 valence electrons. The van der Waals surface area contributed by atoms with E-state index in [2.05, 4.69) is 12.2 Å². The lowest BCUT2D eigenvalue weighted by Gasteiger charge is -2.19. The maximum Gasteiger partial charge on any atom is 0.336 e. The molecule has 0 spiro atoms. The van der Waals surface area contributed by atoms with Crippen LogP contribution in [0.2, 0.25) is 0 Å². The van der Waals surface area contributed by atoms with Crippen LogP contribution in [0.1, 0.15) is 24.5 Å². The van der Waals surface area contributed by atoms with Crippen molar-refractivity contribution >= 4 is 22.6 Å². The highest BCUT2D eigenvalue weighted by atomic mass is 16.5. The molecule has 0 aliphatic carbocycles. The minimum atomic E-state index is -0.402. The van der Waals surface area contributed by atoms with E-state index in [1.807, 2.05) is 43.3 Å². The van der Waals surface area contributed by atoms with Crippen LogP contribution < -0.4 is 20.6 Å². The maximum atomic E-state index is 12.6. The summed E-state index contributed by atoms with van der Waals surface area (Å²) in [5.74, 6) is 0.588. The largest absolute Gasteiger partial charge is 0.497 e. The number of quaternary nitrogens is 1. The van der Waals surface area contributed by atoms with Crippen LogP contribution in [-0.4, -0.2) is 26.1 Å². The molecule has 1 atom stereocenters. The summed E-state index contributed by atoms with van der Waals surface area (Å²) in [7, 11) is 1.57. The first-order valence-corrected chi connectivity index (χ1v) is 9.80. The van der Waals surface area contributed by atoms with Crippen LogP contribution in [0.5, 0.6) is 5.75 Å². The zero-order chi connectivity index (χ0) is 20.8. The number of hydrogen-bond acceptors (Lipinski definition) is 4. The summed E-state index contributed by atoms with van der Waals surface area (Å²) in [5.41, 5.74) is 2.81. The first kappa shape index (κ1) is 20.6. The molecule has 1 heterocycles. The molecule has 1 aromatic heterocycles. The molecule has 3 rings (SSSR count). The van der Waals surface area contributed by atoms with Gasteiger partial charge in [-0.05, 0) is 37.1 Å². The fourth-order valence-electron chi connectivity index (χ4n) is 3.48. The average Bonchev–Trinajstić information content (AvgIpc) is 2.69. The summed E-state index contributed by atoms with van der Waals surface area (Å²) in [6.45, 7) is 5.75. The molecule has 6 heteroatoms. The summed E-state index contributed by atoms with van der Waals surface area (Å²) in [6.07, 6.45) is 0.931. The van der Waals surface area contributed by atoms with E-state index in [0.717, 1.165) is 40.1 Å². The van der Waals surface area contributed by atoms with Crippen molar-refractivity contribution in [2.45, 2.75) is 26.8 Å². The number of benzene rings is 2. The SMILES string of the molecule is CCC[NH+](CC(=O)Nc1ccccc1C)Cc1cc(=O)oc2cc(OC)ccc12. The van der Waals surface area contributed by atoms with Gasteiger partial charge in [0.05, 0.1) is 13.7 Å². The molecule has 0 aliphatic heterocycles. The lowest BCUT2D eigenvalue weighted by Crippen LogP contribution is -3.11. The number of aryl methyl sites for hydroxylation is 1. The molecular formula is C23H27N2O4+. The van der Waals surface area contributed by atoms with Gasteiger partial charge in [-0.3, -0.25) is 4.79 Å². The maximum absolute atomic E-state index is 12.6. The Hall–Kier alpha value is -3.12. The fourth-order valence-corrected chi connectivity index (χ4v) is 3.48. The molecule has 2 aromatic carbocycles. The lowest BCUT2D eigenvalue weighted by atomic mass is 10.1. The Morgan fingerprint density at radius 1 is 1.17 bits per heavy atom. The summed E-state index contributed by atoms with van der Waals surface area (Å²) in [6, 6.07) is 14.7. The summed E-state index contributed by atoms with van der Waals surface area (Å²) in [5, 5.41) is 3.85. The van der Waals surface area contributed by atoms with Crippen molar-refractivity contribution in [3.8, 4) is 5.75 Å².